The SMILES string of the molecule is CC(C)/C=C(\Cc1ccc(C(=O)N2CCNCC2)cc1)C(=O)O. The number of nitrogens with one attached hydrogen (secondary N) is 1. The Hall–Kier alpha value is -2.14. The number of carboxylic acids is 1. The van der Waals surface area contributed by atoms with Gasteiger partial charge in [0.25, 0.3) is 5.91 Å². The van der Waals surface area contributed by atoms with Gasteiger partial charge < -0.3 is 15.3 Å². The number of carbonyl (C=O) groups excluding carboxylic acids is 1. The zero-order valence-corrected chi connectivity index (χ0v) is 13.7. The summed E-state index contributed by atoms with van der Waals surface area (Å²) in [7, 11) is 0. The van der Waals surface area contributed by atoms with E-state index < -0.39 is 5.97 Å². The summed E-state index contributed by atoms with van der Waals surface area (Å²) >= 11 is 0. The Balaban J connectivity index is 2.06. The molecule has 124 valence electrons. The van der Waals surface area contributed by atoms with Crippen LogP contribution in [0.15, 0.2) is 35.9 Å². The summed E-state index contributed by atoms with van der Waals surface area (Å²) in [4.78, 5) is 25.5. The molecular weight excluding hydrogens is 292 g/mol. The van der Waals surface area contributed by atoms with E-state index in [-0.39, 0.29) is 11.8 Å². The summed E-state index contributed by atoms with van der Waals surface area (Å²) < 4.78 is 0. The van der Waals surface area contributed by atoms with Crippen LogP contribution in [0.1, 0.15) is 29.8 Å². The highest BCUT2D eigenvalue weighted by Crippen LogP contribution is 2.14. The van der Waals surface area contributed by atoms with Crippen molar-refractivity contribution in [2.45, 2.75) is 20.3 Å². The molecule has 1 amide bonds. The van der Waals surface area contributed by atoms with Crippen LogP contribution in [0.25, 0.3) is 0 Å². The molecule has 2 N–H and O–H groups in total. The van der Waals surface area contributed by atoms with Crippen molar-refractivity contribution in [1.29, 1.82) is 0 Å². The van der Waals surface area contributed by atoms with Crippen LogP contribution < -0.4 is 5.32 Å². The van der Waals surface area contributed by atoms with Gasteiger partial charge in [-0.1, -0.05) is 32.1 Å². The van der Waals surface area contributed by atoms with Gasteiger partial charge in [-0.05, 0) is 23.6 Å². The number of benzene rings is 1. The van der Waals surface area contributed by atoms with Gasteiger partial charge >= 0.3 is 5.97 Å². The van der Waals surface area contributed by atoms with E-state index in [2.05, 4.69) is 5.32 Å². The first-order chi connectivity index (χ1) is 11.0. The number of carbonyl (C=O) groups is 2. The molecule has 1 aliphatic rings. The van der Waals surface area contributed by atoms with Crippen molar-refractivity contribution in [3.8, 4) is 0 Å². The van der Waals surface area contributed by atoms with Gasteiger partial charge in [-0.25, -0.2) is 4.79 Å². The smallest absolute Gasteiger partial charge is 0.331 e. The fraction of sp³-hybridized carbons (Fsp3) is 0.444. The first-order valence-corrected chi connectivity index (χ1v) is 8.00. The Morgan fingerprint density at radius 2 is 1.83 bits per heavy atom. The third kappa shape index (κ3) is 4.93. The highest BCUT2D eigenvalue weighted by atomic mass is 16.4. The lowest BCUT2D eigenvalue weighted by atomic mass is 10.0. The molecule has 1 saturated heterocycles. The number of carboxylic acid groups (broad SMARTS) is 1. The Morgan fingerprint density at radius 1 is 1.22 bits per heavy atom. The summed E-state index contributed by atoms with van der Waals surface area (Å²) in [6.07, 6.45) is 2.14. The maximum absolute atomic E-state index is 12.4. The van der Waals surface area contributed by atoms with Crippen molar-refractivity contribution in [1.82, 2.24) is 10.2 Å². The van der Waals surface area contributed by atoms with Gasteiger partial charge in [0.1, 0.15) is 0 Å². The predicted octanol–water partition coefficient (Wildman–Crippen LogP) is 1.94. The number of aliphatic carboxylic acids is 1. The molecule has 5 nitrogen and oxygen atoms in total. The summed E-state index contributed by atoms with van der Waals surface area (Å²) in [5.74, 6) is -0.663. The number of allylic oxidation sites excluding steroid dienone is 1. The monoisotopic (exact) mass is 316 g/mol. The zero-order chi connectivity index (χ0) is 16.8. The van der Waals surface area contributed by atoms with Gasteiger partial charge in [-0.2, -0.15) is 0 Å². The Morgan fingerprint density at radius 3 is 2.35 bits per heavy atom. The van der Waals surface area contributed by atoms with Crippen LogP contribution in [0.5, 0.6) is 0 Å². The van der Waals surface area contributed by atoms with Gasteiger partial charge in [0.15, 0.2) is 0 Å². The van der Waals surface area contributed by atoms with Gasteiger partial charge in [0.05, 0.1) is 0 Å². The van der Waals surface area contributed by atoms with Gasteiger partial charge in [0, 0.05) is 43.7 Å². The summed E-state index contributed by atoms with van der Waals surface area (Å²) in [6.45, 7) is 7.01. The van der Waals surface area contributed by atoms with E-state index in [0.717, 1.165) is 31.7 Å². The molecule has 1 heterocycles. The molecule has 1 fully saturated rings. The normalized spacial score (nSPS) is 15.8. The molecule has 1 aliphatic heterocycles. The van der Waals surface area contributed by atoms with Crippen molar-refractivity contribution in [2.75, 3.05) is 26.2 Å². The standard InChI is InChI=1S/C18H24N2O3/c1-13(2)11-16(18(22)23)12-14-3-5-15(6-4-14)17(21)20-9-7-19-8-10-20/h3-6,11,13,19H,7-10,12H2,1-2H3,(H,22,23)/b16-11+. The molecule has 0 atom stereocenters. The van der Waals surface area contributed by atoms with Gasteiger partial charge in [-0.3, -0.25) is 4.79 Å². The Bertz CT molecular complexity index is 585. The molecule has 0 unspecified atom stereocenters. The molecule has 0 radical (unpaired) electrons. The minimum atomic E-state index is -0.889. The second-order valence-corrected chi connectivity index (χ2v) is 6.16. The van der Waals surface area contributed by atoms with Crippen molar-refractivity contribution in [3.63, 3.8) is 0 Å². The molecule has 5 heteroatoms. The van der Waals surface area contributed by atoms with Crippen molar-refractivity contribution in [3.05, 3.63) is 47.0 Å². The minimum Gasteiger partial charge on any atom is -0.478 e. The second kappa shape index (κ2) is 7.92. The number of hydrogen-bond donors (Lipinski definition) is 2. The molecule has 23 heavy (non-hydrogen) atoms. The average molecular weight is 316 g/mol. The molecule has 1 aromatic carbocycles. The zero-order valence-electron chi connectivity index (χ0n) is 13.7. The van der Waals surface area contributed by atoms with E-state index in [0.29, 0.717) is 17.6 Å². The van der Waals surface area contributed by atoms with Crippen LogP contribution in [0.2, 0.25) is 0 Å². The molecule has 1 aromatic rings. The second-order valence-electron chi connectivity index (χ2n) is 6.16. The lowest BCUT2D eigenvalue weighted by Gasteiger charge is -2.27. The van der Waals surface area contributed by atoms with Crippen LogP contribution in [0, 0.1) is 5.92 Å². The summed E-state index contributed by atoms with van der Waals surface area (Å²) in [5, 5.41) is 12.5. The predicted molar refractivity (Wildman–Crippen MR) is 89.5 cm³/mol. The number of rotatable bonds is 5. The highest BCUT2D eigenvalue weighted by molar-refractivity contribution is 5.94. The maximum atomic E-state index is 12.4. The first-order valence-electron chi connectivity index (χ1n) is 8.00. The minimum absolute atomic E-state index is 0.0363. The fourth-order valence-electron chi connectivity index (χ4n) is 2.64. The largest absolute Gasteiger partial charge is 0.478 e. The number of hydrogen-bond acceptors (Lipinski definition) is 3. The average Bonchev–Trinajstić information content (AvgIpc) is 2.54. The van der Waals surface area contributed by atoms with Gasteiger partial charge in [-0.15, -0.1) is 0 Å². The lowest BCUT2D eigenvalue weighted by Crippen LogP contribution is -2.46. The highest BCUT2D eigenvalue weighted by Gasteiger charge is 2.18. The molecule has 0 aromatic heterocycles. The third-order valence-corrected chi connectivity index (χ3v) is 3.81. The number of piperazine rings is 1. The number of amides is 1. The van der Waals surface area contributed by atoms with Crippen LogP contribution in [-0.2, 0) is 11.2 Å². The molecule has 0 aliphatic carbocycles. The lowest BCUT2D eigenvalue weighted by molar-refractivity contribution is -0.132. The molecule has 2 rings (SSSR count). The molecule has 0 spiro atoms. The van der Waals surface area contributed by atoms with Gasteiger partial charge in [0.2, 0.25) is 0 Å². The Kier molecular flexibility index (Phi) is 5.93. The van der Waals surface area contributed by atoms with E-state index >= 15 is 0 Å². The fourth-order valence-corrected chi connectivity index (χ4v) is 2.64. The van der Waals surface area contributed by atoms with Crippen molar-refractivity contribution >= 4 is 11.9 Å². The Labute approximate surface area is 137 Å². The summed E-state index contributed by atoms with van der Waals surface area (Å²) in [6, 6.07) is 7.25. The van der Waals surface area contributed by atoms with E-state index in [1.165, 1.54) is 0 Å². The van der Waals surface area contributed by atoms with Crippen LogP contribution in [0.3, 0.4) is 0 Å². The van der Waals surface area contributed by atoms with E-state index in [4.69, 9.17) is 0 Å². The van der Waals surface area contributed by atoms with Crippen molar-refractivity contribution in [2.24, 2.45) is 5.92 Å². The third-order valence-electron chi connectivity index (χ3n) is 3.81. The molecule has 0 bridgehead atoms. The maximum Gasteiger partial charge on any atom is 0.331 e. The first kappa shape index (κ1) is 17.2. The van der Waals surface area contributed by atoms with Crippen LogP contribution in [0.4, 0.5) is 0 Å². The topological polar surface area (TPSA) is 69.6 Å². The van der Waals surface area contributed by atoms with E-state index in [1.54, 1.807) is 18.2 Å². The van der Waals surface area contributed by atoms with Crippen LogP contribution >= 0.6 is 0 Å². The molecular formula is C18H24N2O3. The summed E-state index contributed by atoms with van der Waals surface area (Å²) in [5.41, 5.74) is 1.94. The van der Waals surface area contributed by atoms with E-state index in [1.807, 2.05) is 30.9 Å². The van der Waals surface area contributed by atoms with E-state index in [9.17, 15) is 14.7 Å². The quantitative estimate of drug-likeness (QED) is 0.815. The number of nitrogens with zero attached hydrogens (tertiary/aromatic N) is 1. The van der Waals surface area contributed by atoms with Crippen molar-refractivity contribution < 1.29 is 14.7 Å². The van der Waals surface area contributed by atoms with Crippen LogP contribution in [-0.4, -0.2) is 48.1 Å². The molecule has 0 saturated carbocycles.